The quantitative estimate of drug-likeness (QED) is 0.719. The van der Waals surface area contributed by atoms with E-state index in [1.54, 1.807) is 41.3 Å². The third kappa shape index (κ3) is 2.74. The topological polar surface area (TPSA) is 85.8 Å². The van der Waals surface area contributed by atoms with Gasteiger partial charge in [0.2, 0.25) is 0 Å². The predicted octanol–water partition coefficient (Wildman–Crippen LogP) is 2.10. The summed E-state index contributed by atoms with van der Waals surface area (Å²) in [6.07, 6.45) is 3.02. The standard InChI is InChI=1S/C15H13N5O/c16-12-5-3-4-11(8-12)15(21)19-13-6-1-2-7-14(13)20-10-17-9-18-20/h1-10H,16H2,(H,19,21). The van der Waals surface area contributed by atoms with Crippen molar-refractivity contribution in [2.75, 3.05) is 11.1 Å². The lowest BCUT2D eigenvalue weighted by molar-refractivity contribution is 0.102. The molecule has 3 N–H and O–H groups in total. The third-order valence-corrected chi connectivity index (χ3v) is 2.97. The molecule has 3 rings (SSSR count). The maximum atomic E-state index is 12.3. The first-order valence-corrected chi connectivity index (χ1v) is 6.35. The van der Waals surface area contributed by atoms with Crippen LogP contribution < -0.4 is 11.1 Å². The minimum absolute atomic E-state index is 0.227. The van der Waals surface area contributed by atoms with Gasteiger partial charge in [0, 0.05) is 11.3 Å². The van der Waals surface area contributed by atoms with E-state index >= 15 is 0 Å². The molecule has 1 aromatic heterocycles. The number of nitrogen functional groups attached to an aromatic ring is 1. The molecular weight excluding hydrogens is 266 g/mol. The molecule has 0 radical (unpaired) electrons. The van der Waals surface area contributed by atoms with E-state index in [0.717, 1.165) is 5.69 Å². The number of nitrogens with zero attached hydrogens (tertiary/aromatic N) is 3. The summed E-state index contributed by atoms with van der Waals surface area (Å²) < 4.78 is 1.59. The van der Waals surface area contributed by atoms with Gasteiger partial charge in [-0.05, 0) is 30.3 Å². The van der Waals surface area contributed by atoms with E-state index in [4.69, 9.17) is 5.73 Å². The van der Waals surface area contributed by atoms with Crippen molar-refractivity contribution in [1.82, 2.24) is 14.8 Å². The van der Waals surface area contributed by atoms with Gasteiger partial charge in [-0.25, -0.2) is 9.67 Å². The lowest BCUT2D eigenvalue weighted by atomic mass is 10.2. The van der Waals surface area contributed by atoms with Crippen LogP contribution in [0, 0.1) is 0 Å². The minimum Gasteiger partial charge on any atom is -0.399 e. The van der Waals surface area contributed by atoms with Gasteiger partial charge in [0.1, 0.15) is 12.7 Å². The Morgan fingerprint density at radius 2 is 2.00 bits per heavy atom. The fourth-order valence-corrected chi connectivity index (χ4v) is 1.99. The number of anilines is 2. The maximum Gasteiger partial charge on any atom is 0.255 e. The van der Waals surface area contributed by atoms with Crippen LogP contribution in [0.25, 0.3) is 5.69 Å². The molecule has 104 valence electrons. The number of benzene rings is 2. The zero-order chi connectivity index (χ0) is 14.7. The number of aromatic nitrogens is 3. The smallest absolute Gasteiger partial charge is 0.255 e. The fraction of sp³-hybridized carbons (Fsp3) is 0. The lowest BCUT2D eigenvalue weighted by Crippen LogP contribution is -2.14. The summed E-state index contributed by atoms with van der Waals surface area (Å²) in [5.41, 5.74) is 8.14. The van der Waals surface area contributed by atoms with Crippen LogP contribution in [0.5, 0.6) is 0 Å². The number of hydrogen-bond donors (Lipinski definition) is 2. The van der Waals surface area contributed by atoms with Crippen LogP contribution in [0.4, 0.5) is 11.4 Å². The molecule has 0 aliphatic heterocycles. The van der Waals surface area contributed by atoms with E-state index in [-0.39, 0.29) is 5.91 Å². The molecule has 3 aromatic rings. The second kappa shape index (κ2) is 5.46. The van der Waals surface area contributed by atoms with Crippen LogP contribution in [0.3, 0.4) is 0 Å². The van der Waals surface area contributed by atoms with Gasteiger partial charge in [0.15, 0.2) is 0 Å². The highest BCUT2D eigenvalue weighted by molar-refractivity contribution is 6.05. The van der Waals surface area contributed by atoms with Crippen LogP contribution in [0.2, 0.25) is 0 Å². The van der Waals surface area contributed by atoms with E-state index in [0.29, 0.717) is 16.9 Å². The molecule has 21 heavy (non-hydrogen) atoms. The number of nitrogens with one attached hydrogen (secondary N) is 1. The fourth-order valence-electron chi connectivity index (χ4n) is 1.99. The van der Waals surface area contributed by atoms with Gasteiger partial charge in [0.05, 0.1) is 11.4 Å². The second-order valence-corrected chi connectivity index (χ2v) is 4.44. The number of para-hydroxylation sites is 2. The SMILES string of the molecule is Nc1cccc(C(=O)Nc2ccccc2-n2cncn2)c1. The van der Waals surface area contributed by atoms with Crippen molar-refractivity contribution in [3.05, 3.63) is 66.7 Å². The first-order valence-electron chi connectivity index (χ1n) is 6.35. The second-order valence-electron chi connectivity index (χ2n) is 4.44. The largest absolute Gasteiger partial charge is 0.399 e. The van der Waals surface area contributed by atoms with Crippen LogP contribution in [-0.2, 0) is 0 Å². The van der Waals surface area contributed by atoms with E-state index in [9.17, 15) is 4.79 Å². The van der Waals surface area contributed by atoms with Gasteiger partial charge in [-0.15, -0.1) is 0 Å². The van der Waals surface area contributed by atoms with Crippen molar-refractivity contribution < 1.29 is 4.79 Å². The summed E-state index contributed by atoms with van der Waals surface area (Å²) in [7, 11) is 0. The molecule has 0 spiro atoms. The number of carbonyl (C=O) groups excluding carboxylic acids is 1. The first-order chi connectivity index (χ1) is 10.2. The Hall–Kier alpha value is -3.15. The Balaban J connectivity index is 1.90. The van der Waals surface area contributed by atoms with Gasteiger partial charge in [-0.1, -0.05) is 18.2 Å². The monoisotopic (exact) mass is 279 g/mol. The maximum absolute atomic E-state index is 12.3. The minimum atomic E-state index is -0.227. The van der Waals surface area contributed by atoms with Crippen molar-refractivity contribution in [2.24, 2.45) is 0 Å². The molecule has 2 aromatic carbocycles. The van der Waals surface area contributed by atoms with Gasteiger partial charge in [-0.2, -0.15) is 5.10 Å². The Bertz CT molecular complexity index is 767. The molecule has 0 fully saturated rings. The highest BCUT2D eigenvalue weighted by Gasteiger charge is 2.10. The van der Waals surface area contributed by atoms with Crippen molar-refractivity contribution in [2.45, 2.75) is 0 Å². The van der Waals surface area contributed by atoms with E-state index in [1.165, 1.54) is 6.33 Å². The van der Waals surface area contributed by atoms with Crippen LogP contribution in [-0.4, -0.2) is 20.7 Å². The molecule has 0 bridgehead atoms. The molecule has 0 atom stereocenters. The predicted molar refractivity (Wildman–Crippen MR) is 80.2 cm³/mol. The summed E-state index contributed by atoms with van der Waals surface area (Å²) in [4.78, 5) is 16.2. The van der Waals surface area contributed by atoms with Crippen LogP contribution >= 0.6 is 0 Å². The van der Waals surface area contributed by atoms with Gasteiger partial charge < -0.3 is 11.1 Å². The first kappa shape index (κ1) is 12.9. The summed E-state index contributed by atoms with van der Waals surface area (Å²) in [6, 6.07) is 14.2. The molecule has 0 unspecified atom stereocenters. The molecule has 6 heteroatoms. The van der Waals surface area contributed by atoms with Crippen molar-refractivity contribution in [3.63, 3.8) is 0 Å². The van der Waals surface area contributed by atoms with Gasteiger partial charge in [-0.3, -0.25) is 4.79 Å². The van der Waals surface area contributed by atoms with Crippen LogP contribution in [0.15, 0.2) is 61.2 Å². The summed E-state index contributed by atoms with van der Waals surface area (Å²) in [5, 5.41) is 6.93. The molecule has 0 saturated heterocycles. The Labute approximate surface area is 121 Å². The van der Waals surface area contributed by atoms with Crippen molar-refractivity contribution in [3.8, 4) is 5.69 Å². The highest BCUT2D eigenvalue weighted by Crippen LogP contribution is 2.19. The van der Waals surface area contributed by atoms with Crippen LogP contribution in [0.1, 0.15) is 10.4 Å². The molecule has 1 heterocycles. The molecule has 0 saturated carbocycles. The van der Waals surface area contributed by atoms with Gasteiger partial charge in [0.25, 0.3) is 5.91 Å². The van der Waals surface area contributed by atoms with Crippen molar-refractivity contribution in [1.29, 1.82) is 0 Å². The number of nitrogens with two attached hydrogens (primary N) is 1. The lowest BCUT2D eigenvalue weighted by Gasteiger charge is -2.10. The summed E-state index contributed by atoms with van der Waals surface area (Å²) in [5.74, 6) is -0.227. The zero-order valence-corrected chi connectivity index (χ0v) is 11.1. The molecule has 0 aliphatic carbocycles. The molecule has 1 amide bonds. The number of hydrogen-bond acceptors (Lipinski definition) is 4. The van der Waals surface area contributed by atoms with E-state index < -0.39 is 0 Å². The Kier molecular flexibility index (Phi) is 3.34. The Morgan fingerprint density at radius 1 is 1.14 bits per heavy atom. The number of amides is 1. The van der Waals surface area contributed by atoms with Crippen molar-refractivity contribution >= 4 is 17.3 Å². The summed E-state index contributed by atoms with van der Waals surface area (Å²) in [6.45, 7) is 0. The van der Waals surface area contributed by atoms with E-state index in [1.807, 2.05) is 18.2 Å². The third-order valence-electron chi connectivity index (χ3n) is 2.97. The molecule has 0 aliphatic rings. The molecule has 6 nitrogen and oxygen atoms in total. The zero-order valence-electron chi connectivity index (χ0n) is 11.1. The summed E-state index contributed by atoms with van der Waals surface area (Å²) >= 11 is 0. The van der Waals surface area contributed by atoms with Gasteiger partial charge >= 0.3 is 0 Å². The number of rotatable bonds is 3. The average molecular weight is 279 g/mol. The van der Waals surface area contributed by atoms with E-state index in [2.05, 4.69) is 15.4 Å². The average Bonchev–Trinajstić information content (AvgIpc) is 3.02. The highest BCUT2D eigenvalue weighted by atomic mass is 16.1. The normalized spacial score (nSPS) is 10.3. The molecular formula is C15H13N5O. The Morgan fingerprint density at radius 3 is 2.76 bits per heavy atom. The number of carbonyl (C=O) groups is 1.